The summed E-state index contributed by atoms with van der Waals surface area (Å²) < 4.78 is 41.1. The van der Waals surface area contributed by atoms with Crippen LogP contribution in [0.2, 0.25) is 0 Å². The first-order valence-electron chi connectivity index (χ1n) is 9.89. The molecule has 1 fully saturated rings. The maximum Gasteiger partial charge on any atom is 0.573 e. The third-order valence-electron chi connectivity index (χ3n) is 4.31. The Kier molecular flexibility index (Phi) is 11.1. The van der Waals surface area contributed by atoms with Gasteiger partial charge in [-0.15, -0.1) is 13.2 Å². The standard InChI is InChI=1S/C17H25F3N2O.C4H4O4/c1-13(2)11-22(15-6-8-21-9-7-15)12-14-4-3-5-16(10-14)23-17(18,19)20;5-3(6)1-2-4(7)8/h3-5,10,13,15,21H,6-9,11-12H2,1-2H3;1-2H,(H,5,6)(H,7,8). The minimum absolute atomic E-state index is 0.148. The highest BCUT2D eigenvalue weighted by molar-refractivity contribution is 5.89. The van der Waals surface area contributed by atoms with Gasteiger partial charge in [0.25, 0.3) is 0 Å². The van der Waals surface area contributed by atoms with Crippen LogP contribution in [0.3, 0.4) is 0 Å². The van der Waals surface area contributed by atoms with Gasteiger partial charge in [0.15, 0.2) is 0 Å². The Morgan fingerprint density at radius 1 is 1.19 bits per heavy atom. The van der Waals surface area contributed by atoms with E-state index in [9.17, 15) is 22.8 Å². The summed E-state index contributed by atoms with van der Waals surface area (Å²) in [5, 5.41) is 19.0. The second kappa shape index (κ2) is 13.0. The highest BCUT2D eigenvalue weighted by Crippen LogP contribution is 2.25. The molecule has 0 spiro atoms. The van der Waals surface area contributed by atoms with Gasteiger partial charge in [0.1, 0.15) is 5.75 Å². The van der Waals surface area contributed by atoms with Crippen LogP contribution in [0.25, 0.3) is 0 Å². The van der Waals surface area contributed by atoms with Crippen LogP contribution in [0, 0.1) is 5.92 Å². The van der Waals surface area contributed by atoms with Gasteiger partial charge in [-0.2, -0.15) is 0 Å². The topological polar surface area (TPSA) is 99.1 Å². The first kappa shape index (κ1) is 26.4. The van der Waals surface area contributed by atoms with Crippen LogP contribution in [-0.4, -0.2) is 59.1 Å². The normalized spacial score (nSPS) is 15.1. The number of benzene rings is 1. The highest BCUT2D eigenvalue weighted by Gasteiger charge is 2.31. The molecule has 31 heavy (non-hydrogen) atoms. The summed E-state index contributed by atoms with van der Waals surface area (Å²) in [7, 11) is 0. The Morgan fingerprint density at radius 3 is 2.26 bits per heavy atom. The number of rotatable bonds is 8. The van der Waals surface area contributed by atoms with Crippen molar-refractivity contribution >= 4 is 11.9 Å². The summed E-state index contributed by atoms with van der Waals surface area (Å²) >= 11 is 0. The van der Waals surface area contributed by atoms with Crippen molar-refractivity contribution in [2.75, 3.05) is 19.6 Å². The van der Waals surface area contributed by atoms with Crippen LogP contribution in [0.15, 0.2) is 36.4 Å². The highest BCUT2D eigenvalue weighted by atomic mass is 19.4. The molecule has 2 rings (SSSR count). The third kappa shape index (κ3) is 12.6. The monoisotopic (exact) mass is 446 g/mol. The minimum Gasteiger partial charge on any atom is -0.478 e. The second-order valence-corrected chi connectivity index (χ2v) is 7.51. The zero-order valence-corrected chi connectivity index (χ0v) is 17.6. The van der Waals surface area contributed by atoms with Crippen molar-refractivity contribution in [2.24, 2.45) is 5.92 Å². The SMILES string of the molecule is CC(C)CN(Cc1cccc(OC(F)(F)F)c1)C1CCNCC1.O=C(O)C=CC(=O)O. The lowest BCUT2D eigenvalue weighted by Gasteiger charge is -2.36. The number of carbonyl (C=O) groups is 2. The molecule has 7 nitrogen and oxygen atoms in total. The quantitative estimate of drug-likeness (QED) is 0.526. The van der Waals surface area contributed by atoms with Crippen molar-refractivity contribution in [3.63, 3.8) is 0 Å². The summed E-state index contributed by atoms with van der Waals surface area (Å²) in [6.07, 6.45) is -1.38. The average Bonchev–Trinajstić information content (AvgIpc) is 2.66. The molecule has 0 atom stereocenters. The van der Waals surface area contributed by atoms with Crippen molar-refractivity contribution < 1.29 is 37.7 Å². The molecule has 1 aliphatic heterocycles. The fraction of sp³-hybridized carbons (Fsp3) is 0.524. The van der Waals surface area contributed by atoms with E-state index in [-0.39, 0.29) is 5.75 Å². The molecule has 0 bridgehead atoms. The lowest BCUT2D eigenvalue weighted by molar-refractivity contribution is -0.274. The molecule has 10 heteroatoms. The minimum atomic E-state index is -4.65. The maximum atomic E-state index is 12.4. The van der Waals surface area contributed by atoms with Gasteiger partial charge in [-0.3, -0.25) is 4.90 Å². The number of ether oxygens (including phenoxy) is 1. The van der Waals surface area contributed by atoms with Crippen LogP contribution in [-0.2, 0) is 16.1 Å². The Morgan fingerprint density at radius 2 is 1.77 bits per heavy atom. The molecule has 3 N–H and O–H groups in total. The molecule has 1 heterocycles. The van der Waals surface area contributed by atoms with Gasteiger partial charge in [0.2, 0.25) is 0 Å². The predicted octanol–water partition coefficient (Wildman–Crippen LogP) is 3.51. The molecule has 1 aromatic carbocycles. The van der Waals surface area contributed by atoms with E-state index in [0.29, 0.717) is 30.7 Å². The van der Waals surface area contributed by atoms with E-state index in [4.69, 9.17) is 10.2 Å². The van der Waals surface area contributed by atoms with Crippen LogP contribution < -0.4 is 10.1 Å². The zero-order chi connectivity index (χ0) is 23.4. The number of carboxylic acid groups (broad SMARTS) is 2. The van der Waals surface area contributed by atoms with E-state index < -0.39 is 18.3 Å². The number of aliphatic carboxylic acids is 2. The Balaban J connectivity index is 0.000000512. The van der Waals surface area contributed by atoms with Gasteiger partial charge < -0.3 is 20.3 Å². The summed E-state index contributed by atoms with van der Waals surface area (Å²) in [4.78, 5) is 21.5. The number of alkyl halides is 3. The summed E-state index contributed by atoms with van der Waals surface area (Å²) in [6, 6.07) is 6.78. The molecular formula is C21H29F3N2O5. The van der Waals surface area contributed by atoms with Gasteiger partial charge >= 0.3 is 18.3 Å². The molecule has 1 aromatic rings. The zero-order valence-electron chi connectivity index (χ0n) is 17.6. The predicted molar refractivity (Wildman–Crippen MR) is 109 cm³/mol. The van der Waals surface area contributed by atoms with Crippen LogP contribution in [0.4, 0.5) is 13.2 Å². The molecule has 1 saturated heterocycles. The van der Waals surface area contributed by atoms with Crippen molar-refractivity contribution in [1.29, 1.82) is 0 Å². The fourth-order valence-electron chi connectivity index (χ4n) is 3.20. The molecular weight excluding hydrogens is 417 g/mol. The van der Waals surface area contributed by atoms with Crippen molar-refractivity contribution in [3.8, 4) is 5.75 Å². The number of halogens is 3. The molecule has 0 unspecified atom stereocenters. The van der Waals surface area contributed by atoms with E-state index in [1.165, 1.54) is 12.1 Å². The van der Waals surface area contributed by atoms with Crippen molar-refractivity contribution in [2.45, 2.75) is 45.6 Å². The largest absolute Gasteiger partial charge is 0.573 e. The lowest BCUT2D eigenvalue weighted by atomic mass is 10.0. The van der Waals surface area contributed by atoms with Gasteiger partial charge in [-0.25, -0.2) is 9.59 Å². The Labute approximate surface area is 179 Å². The third-order valence-corrected chi connectivity index (χ3v) is 4.31. The maximum absolute atomic E-state index is 12.4. The number of nitrogens with one attached hydrogen (secondary N) is 1. The average molecular weight is 446 g/mol. The fourth-order valence-corrected chi connectivity index (χ4v) is 3.20. The van der Waals surface area contributed by atoms with Crippen molar-refractivity contribution in [1.82, 2.24) is 10.2 Å². The van der Waals surface area contributed by atoms with E-state index in [0.717, 1.165) is 38.0 Å². The number of hydrogen-bond acceptors (Lipinski definition) is 5. The van der Waals surface area contributed by atoms with Crippen LogP contribution in [0.1, 0.15) is 32.3 Å². The number of carboxylic acids is 2. The van der Waals surface area contributed by atoms with Gasteiger partial charge in [0.05, 0.1) is 0 Å². The van der Waals surface area contributed by atoms with Crippen LogP contribution in [0.5, 0.6) is 5.75 Å². The van der Waals surface area contributed by atoms with E-state index in [1.54, 1.807) is 6.07 Å². The lowest BCUT2D eigenvalue weighted by Crippen LogP contribution is -2.44. The summed E-state index contributed by atoms with van der Waals surface area (Å²) in [6.45, 7) is 7.91. The van der Waals surface area contributed by atoms with E-state index >= 15 is 0 Å². The second-order valence-electron chi connectivity index (χ2n) is 7.51. The summed E-state index contributed by atoms with van der Waals surface area (Å²) in [5.41, 5.74) is 0.853. The molecule has 1 aliphatic rings. The first-order valence-corrected chi connectivity index (χ1v) is 9.89. The smallest absolute Gasteiger partial charge is 0.478 e. The molecule has 0 radical (unpaired) electrons. The van der Waals surface area contributed by atoms with E-state index in [1.807, 2.05) is 6.07 Å². The molecule has 0 aromatic heterocycles. The number of piperidine rings is 1. The molecule has 0 amide bonds. The van der Waals surface area contributed by atoms with Crippen molar-refractivity contribution in [3.05, 3.63) is 42.0 Å². The number of nitrogens with zero attached hydrogens (tertiary/aromatic N) is 1. The number of hydrogen-bond donors (Lipinski definition) is 3. The van der Waals surface area contributed by atoms with Crippen LogP contribution >= 0.6 is 0 Å². The van der Waals surface area contributed by atoms with Gasteiger partial charge in [-0.1, -0.05) is 26.0 Å². The Bertz CT molecular complexity index is 716. The molecule has 174 valence electrons. The molecule has 0 saturated carbocycles. The van der Waals surface area contributed by atoms with Gasteiger partial charge in [0, 0.05) is 31.3 Å². The van der Waals surface area contributed by atoms with Gasteiger partial charge in [-0.05, 0) is 49.5 Å². The first-order chi connectivity index (χ1) is 14.5. The van der Waals surface area contributed by atoms with E-state index in [2.05, 4.69) is 28.8 Å². The Hall–Kier alpha value is -2.59. The summed E-state index contributed by atoms with van der Waals surface area (Å²) in [5.74, 6) is -2.15. The molecule has 0 aliphatic carbocycles.